The second kappa shape index (κ2) is 8.67. The molecule has 0 aromatic heterocycles. The summed E-state index contributed by atoms with van der Waals surface area (Å²) in [5, 5.41) is 5.23. The molecule has 0 saturated heterocycles. The average molecular weight is 338 g/mol. The van der Waals surface area contributed by atoms with Gasteiger partial charge in [-0.25, -0.2) is 0 Å². The minimum atomic E-state index is -1.00. The molecule has 2 unspecified atom stereocenters. The van der Waals surface area contributed by atoms with Gasteiger partial charge >= 0.3 is 0 Å². The zero-order valence-electron chi connectivity index (χ0n) is 13.7. The molecule has 1 saturated carbocycles. The van der Waals surface area contributed by atoms with Gasteiger partial charge in [0.15, 0.2) is 0 Å². The molecule has 0 aromatic rings. The Bertz CT molecular complexity index is 392. The average Bonchev–Trinajstić information content (AvgIpc) is 2.44. The van der Waals surface area contributed by atoms with Crippen LogP contribution in [0.3, 0.4) is 0 Å². The second-order valence-electron chi connectivity index (χ2n) is 5.87. The van der Waals surface area contributed by atoms with Crippen molar-refractivity contribution < 1.29 is 19.1 Å². The van der Waals surface area contributed by atoms with Crippen molar-refractivity contribution in [1.82, 2.24) is 10.6 Å². The van der Waals surface area contributed by atoms with Crippen molar-refractivity contribution >= 4 is 24.2 Å². The fourth-order valence-electron chi connectivity index (χ4n) is 2.49. The summed E-state index contributed by atoms with van der Waals surface area (Å²) in [5.41, 5.74) is 4.75. The van der Waals surface area contributed by atoms with Gasteiger partial charge in [-0.3, -0.25) is 9.59 Å². The molecule has 8 heteroatoms. The molecule has 0 aliphatic heterocycles. The SMILES string of the molecule is CCOC1CC(N)(C(=O)NCC(=O)NCCOC)C1(C)C.Cl. The molecular weight excluding hydrogens is 310 g/mol. The van der Waals surface area contributed by atoms with E-state index in [1.54, 1.807) is 7.11 Å². The number of carbonyl (C=O) groups is 2. The lowest BCUT2D eigenvalue weighted by atomic mass is 9.54. The Hall–Kier alpha value is -0.890. The van der Waals surface area contributed by atoms with E-state index in [2.05, 4.69) is 10.6 Å². The fourth-order valence-corrected chi connectivity index (χ4v) is 2.49. The maximum atomic E-state index is 12.3. The largest absolute Gasteiger partial charge is 0.383 e. The molecule has 0 radical (unpaired) electrons. The topological polar surface area (TPSA) is 103 Å². The van der Waals surface area contributed by atoms with Crippen molar-refractivity contribution in [2.75, 3.05) is 33.4 Å². The Kier molecular flexibility index (Phi) is 8.32. The van der Waals surface area contributed by atoms with Gasteiger partial charge < -0.3 is 25.8 Å². The number of methoxy groups -OCH3 is 1. The number of hydrogen-bond donors (Lipinski definition) is 3. The molecule has 1 rings (SSSR count). The Morgan fingerprint density at radius 3 is 2.45 bits per heavy atom. The third kappa shape index (κ3) is 4.32. The molecule has 0 heterocycles. The third-order valence-corrected chi connectivity index (χ3v) is 4.27. The Morgan fingerprint density at radius 2 is 1.95 bits per heavy atom. The molecule has 2 atom stereocenters. The van der Waals surface area contributed by atoms with Gasteiger partial charge in [0.1, 0.15) is 5.54 Å². The molecule has 0 bridgehead atoms. The molecule has 4 N–H and O–H groups in total. The summed E-state index contributed by atoms with van der Waals surface area (Å²) in [4.78, 5) is 23.8. The zero-order chi connectivity index (χ0) is 16.1. The Balaban J connectivity index is 0.00000441. The number of halogens is 1. The number of amides is 2. The molecule has 22 heavy (non-hydrogen) atoms. The van der Waals surface area contributed by atoms with Crippen molar-refractivity contribution in [3.05, 3.63) is 0 Å². The van der Waals surface area contributed by atoms with Crippen LogP contribution < -0.4 is 16.4 Å². The molecule has 0 spiro atoms. The summed E-state index contributed by atoms with van der Waals surface area (Å²) in [6.45, 7) is 7.09. The van der Waals surface area contributed by atoms with Crippen molar-refractivity contribution in [1.29, 1.82) is 0 Å². The van der Waals surface area contributed by atoms with Gasteiger partial charge in [-0.15, -0.1) is 12.4 Å². The molecule has 2 amide bonds. The van der Waals surface area contributed by atoms with Crippen molar-refractivity contribution in [2.24, 2.45) is 11.1 Å². The Morgan fingerprint density at radius 1 is 1.32 bits per heavy atom. The van der Waals surface area contributed by atoms with Gasteiger partial charge in [-0.1, -0.05) is 13.8 Å². The highest BCUT2D eigenvalue weighted by Gasteiger charge is 2.62. The van der Waals surface area contributed by atoms with Crippen molar-refractivity contribution in [2.45, 2.75) is 38.8 Å². The predicted molar refractivity (Wildman–Crippen MR) is 85.9 cm³/mol. The van der Waals surface area contributed by atoms with Gasteiger partial charge in [-0.05, 0) is 6.92 Å². The van der Waals surface area contributed by atoms with E-state index in [4.69, 9.17) is 15.2 Å². The molecule has 0 aromatic carbocycles. The van der Waals surface area contributed by atoms with Gasteiger partial charge in [0.2, 0.25) is 11.8 Å². The van der Waals surface area contributed by atoms with Crippen molar-refractivity contribution in [3.63, 3.8) is 0 Å². The van der Waals surface area contributed by atoms with Crippen LogP contribution in [0.5, 0.6) is 0 Å². The van der Waals surface area contributed by atoms with Crippen LogP contribution in [0.15, 0.2) is 0 Å². The summed E-state index contributed by atoms with van der Waals surface area (Å²) in [5.74, 6) is -0.576. The first kappa shape index (κ1) is 21.1. The smallest absolute Gasteiger partial charge is 0.241 e. The standard InChI is InChI=1S/C14H27N3O4.ClH/c1-5-21-10-8-14(15,13(10,2)3)12(19)17-9-11(18)16-6-7-20-4;/h10H,5-9,15H2,1-4H3,(H,16,18)(H,17,19);1H. The first-order valence-electron chi connectivity index (χ1n) is 7.24. The van der Waals surface area contributed by atoms with E-state index < -0.39 is 11.0 Å². The van der Waals surface area contributed by atoms with Crippen LogP contribution in [0.25, 0.3) is 0 Å². The summed E-state index contributed by atoms with van der Waals surface area (Å²) >= 11 is 0. The first-order chi connectivity index (χ1) is 9.79. The van der Waals surface area contributed by atoms with Crippen LogP contribution in [0, 0.1) is 5.41 Å². The number of carbonyl (C=O) groups excluding carboxylic acids is 2. The monoisotopic (exact) mass is 337 g/mol. The number of nitrogens with two attached hydrogens (primary N) is 1. The molecule has 1 fully saturated rings. The minimum absolute atomic E-state index is 0. The number of hydrogen-bond acceptors (Lipinski definition) is 5. The van der Waals surface area contributed by atoms with Crippen LogP contribution >= 0.6 is 12.4 Å². The molecule has 7 nitrogen and oxygen atoms in total. The molecule has 130 valence electrons. The van der Waals surface area contributed by atoms with E-state index in [0.29, 0.717) is 26.2 Å². The lowest BCUT2D eigenvalue weighted by Gasteiger charge is -2.57. The van der Waals surface area contributed by atoms with Crippen molar-refractivity contribution in [3.8, 4) is 0 Å². The maximum Gasteiger partial charge on any atom is 0.241 e. The number of rotatable bonds is 8. The number of ether oxygens (including phenoxy) is 2. The molecular formula is C14H28ClN3O4. The third-order valence-electron chi connectivity index (χ3n) is 4.27. The van der Waals surface area contributed by atoms with E-state index in [0.717, 1.165) is 0 Å². The highest BCUT2D eigenvalue weighted by atomic mass is 35.5. The summed E-state index contributed by atoms with van der Waals surface area (Å²) in [6, 6.07) is 0. The van der Waals surface area contributed by atoms with Crippen LogP contribution in [-0.4, -0.2) is 56.9 Å². The van der Waals surface area contributed by atoms with E-state index in [1.165, 1.54) is 0 Å². The van der Waals surface area contributed by atoms with E-state index in [-0.39, 0.29) is 36.9 Å². The molecule has 1 aliphatic rings. The van der Waals surface area contributed by atoms with Gasteiger partial charge in [-0.2, -0.15) is 0 Å². The number of nitrogens with one attached hydrogen (secondary N) is 2. The summed E-state index contributed by atoms with van der Waals surface area (Å²) < 4.78 is 10.4. The van der Waals surface area contributed by atoms with Crippen LogP contribution in [0.4, 0.5) is 0 Å². The highest BCUT2D eigenvalue weighted by Crippen LogP contribution is 2.49. The minimum Gasteiger partial charge on any atom is -0.383 e. The van der Waals surface area contributed by atoms with Crippen LogP contribution in [0.1, 0.15) is 27.2 Å². The lowest BCUT2D eigenvalue weighted by molar-refractivity contribution is -0.170. The van der Waals surface area contributed by atoms with Gasteiger partial charge in [0.25, 0.3) is 0 Å². The summed E-state index contributed by atoms with van der Waals surface area (Å²) in [6.07, 6.45) is 0.430. The predicted octanol–water partition coefficient (Wildman–Crippen LogP) is -0.180. The zero-order valence-corrected chi connectivity index (χ0v) is 14.5. The fraction of sp³-hybridized carbons (Fsp3) is 0.857. The maximum absolute atomic E-state index is 12.3. The van der Waals surface area contributed by atoms with Gasteiger partial charge in [0, 0.05) is 32.1 Å². The molecule has 1 aliphatic carbocycles. The van der Waals surface area contributed by atoms with E-state index in [9.17, 15) is 9.59 Å². The lowest BCUT2D eigenvalue weighted by Crippen LogP contribution is -2.76. The van der Waals surface area contributed by atoms with E-state index >= 15 is 0 Å². The van der Waals surface area contributed by atoms with Gasteiger partial charge in [0.05, 0.1) is 19.3 Å². The van der Waals surface area contributed by atoms with Crippen LogP contribution in [0.2, 0.25) is 0 Å². The normalized spacial score (nSPS) is 25.6. The quantitative estimate of drug-likeness (QED) is 0.533. The van der Waals surface area contributed by atoms with Crippen LogP contribution in [-0.2, 0) is 19.1 Å². The van der Waals surface area contributed by atoms with E-state index in [1.807, 2.05) is 20.8 Å². The first-order valence-corrected chi connectivity index (χ1v) is 7.24. The second-order valence-corrected chi connectivity index (χ2v) is 5.87. The highest BCUT2D eigenvalue weighted by molar-refractivity contribution is 5.92. The Labute approximate surface area is 138 Å². The summed E-state index contributed by atoms with van der Waals surface area (Å²) in [7, 11) is 1.56.